The van der Waals surface area contributed by atoms with Crippen LogP contribution < -0.4 is 4.90 Å². The minimum absolute atomic E-state index is 0.0802. The van der Waals surface area contributed by atoms with Gasteiger partial charge in [-0.15, -0.1) is 0 Å². The first-order chi connectivity index (χ1) is 7.85. The average molecular weight is 220 g/mol. The van der Waals surface area contributed by atoms with Gasteiger partial charge in [0.25, 0.3) is 0 Å². The van der Waals surface area contributed by atoms with E-state index in [1.807, 2.05) is 12.1 Å². The van der Waals surface area contributed by atoms with Gasteiger partial charge >= 0.3 is 0 Å². The molecular formula is C13H20N2O. The van der Waals surface area contributed by atoms with Crippen molar-refractivity contribution in [2.75, 3.05) is 18.0 Å². The van der Waals surface area contributed by atoms with Crippen molar-refractivity contribution in [2.24, 2.45) is 5.92 Å². The Morgan fingerprint density at radius 2 is 2.19 bits per heavy atom. The van der Waals surface area contributed by atoms with E-state index in [0.717, 1.165) is 30.4 Å². The Balaban J connectivity index is 2.07. The van der Waals surface area contributed by atoms with Gasteiger partial charge in [0, 0.05) is 24.8 Å². The van der Waals surface area contributed by atoms with E-state index in [-0.39, 0.29) is 6.61 Å². The summed E-state index contributed by atoms with van der Waals surface area (Å²) in [4.78, 5) is 6.69. The molecule has 0 radical (unpaired) electrons. The molecule has 88 valence electrons. The van der Waals surface area contributed by atoms with Crippen LogP contribution in [0.15, 0.2) is 18.3 Å². The number of aliphatic hydroxyl groups excluding tert-OH is 1. The van der Waals surface area contributed by atoms with Crippen molar-refractivity contribution in [3.05, 3.63) is 23.9 Å². The Morgan fingerprint density at radius 3 is 2.81 bits per heavy atom. The molecule has 1 fully saturated rings. The lowest BCUT2D eigenvalue weighted by molar-refractivity contribution is 0.281. The summed E-state index contributed by atoms with van der Waals surface area (Å²) >= 11 is 0. The molecule has 0 aliphatic carbocycles. The fraction of sp³-hybridized carbons (Fsp3) is 0.615. The van der Waals surface area contributed by atoms with Crippen LogP contribution in [0.4, 0.5) is 5.82 Å². The van der Waals surface area contributed by atoms with Gasteiger partial charge in [-0.05, 0) is 24.8 Å². The maximum absolute atomic E-state index is 9.28. The third kappa shape index (κ3) is 2.35. The van der Waals surface area contributed by atoms with E-state index in [4.69, 9.17) is 0 Å². The van der Waals surface area contributed by atoms with E-state index in [1.54, 1.807) is 6.20 Å². The average Bonchev–Trinajstić information content (AvgIpc) is 2.39. The second-order valence-electron chi connectivity index (χ2n) is 4.48. The van der Waals surface area contributed by atoms with E-state index in [1.165, 1.54) is 19.3 Å². The van der Waals surface area contributed by atoms with Crippen molar-refractivity contribution >= 4 is 5.82 Å². The summed E-state index contributed by atoms with van der Waals surface area (Å²) in [6.07, 6.45) is 5.58. The highest BCUT2D eigenvalue weighted by Gasteiger charge is 2.20. The lowest BCUT2D eigenvalue weighted by atomic mass is 9.94. The van der Waals surface area contributed by atoms with Crippen LogP contribution in [-0.2, 0) is 6.61 Å². The zero-order valence-electron chi connectivity index (χ0n) is 9.89. The van der Waals surface area contributed by atoms with E-state index < -0.39 is 0 Å². The predicted octanol–water partition coefficient (Wildman–Crippen LogP) is 2.20. The molecule has 0 saturated carbocycles. The van der Waals surface area contributed by atoms with Gasteiger partial charge in [0.05, 0.1) is 6.61 Å². The summed E-state index contributed by atoms with van der Waals surface area (Å²) in [7, 11) is 0. The maximum atomic E-state index is 9.28. The molecule has 0 bridgehead atoms. The van der Waals surface area contributed by atoms with E-state index >= 15 is 0 Å². The standard InChI is InChI=1S/C13H20N2O/c1-2-11-5-8-15(9-6-11)13-12(10-16)4-3-7-14-13/h3-4,7,11,16H,2,5-6,8-10H2,1H3. The van der Waals surface area contributed by atoms with Crippen LogP contribution in [0.2, 0.25) is 0 Å². The molecule has 0 unspecified atom stereocenters. The first kappa shape index (κ1) is 11.4. The Labute approximate surface area is 97.1 Å². The molecule has 0 atom stereocenters. The number of piperidine rings is 1. The van der Waals surface area contributed by atoms with Crippen LogP contribution in [0.5, 0.6) is 0 Å². The van der Waals surface area contributed by atoms with E-state index in [0.29, 0.717) is 0 Å². The smallest absolute Gasteiger partial charge is 0.134 e. The minimum Gasteiger partial charge on any atom is -0.392 e. The van der Waals surface area contributed by atoms with Gasteiger partial charge in [-0.25, -0.2) is 4.98 Å². The van der Waals surface area contributed by atoms with Crippen molar-refractivity contribution in [1.82, 2.24) is 4.98 Å². The van der Waals surface area contributed by atoms with Crippen molar-refractivity contribution in [1.29, 1.82) is 0 Å². The van der Waals surface area contributed by atoms with E-state index in [2.05, 4.69) is 16.8 Å². The Bertz CT molecular complexity index is 332. The quantitative estimate of drug-likeness (QED) is 0.848. The van der Waals surface area contributed by atoms with Crippen molar-refractivity contribution in [3.63, 3.8) is 0 Å². The lowest BCUT2D eigenvalue weighted by Gasteiger charge is -2.33. The van der Waals surface area contributed by atoms with Crippen LogP contribution in [0.25, 0.3) is 0 Å². The molecule has 2 rings (SSSR count). The fourth-order valence-electron chi connectivity index (χ4n) is 2.39. The molecule has 1 saturated heterocycles. The van der Waals surface area contributed by atoms with E-state index in [9.17, 15) is 5.11 Å². The number of rotatable bonds is 3. The maximum Gasteiger partial charge on any atom is 0.134 e. The summed E-state index contributed by atoms with van der Waals surface area (Å²) < 4.78 is 0. The van der Waals surface area contributed by atoms with Gasteiger partial charge in [0.15, 0.2) is 0 Å². The van der Waals surface area contributed by atoms with Gasteiger partial charge in [-0.2, -0.15) is 0 Å². The first-order valence-corrected chi connectivity index (χ1v) is 6.14. The molecule has 0 amide bonds. The predicted molar refractivity (Wildman–Crippen MR) is 65.4 cm³/mol. The largest absolute Gasteiger partial charge is 0.392 e. The molecule has 16 heavy (non-hydrogen) atoms. The number of nitrogens with zero attached hydrogens (tertiary/aromatic N) is 2. The van der Waals surface area contributed by atoms with Crippen molar-refractivity contribution < 1.29 is 5.11 Å². The number of aliphatic hydroxyl groups is 1. The topological polar surface area (TPSA) is 36.4 Å². The van der Waals surface area contributed by atoms with Gasteiger partial charge in [-0.1, -0.05) is 19.4 Å². The molecular weight excluding hydrogens is 200 g/mol. The van der Waals surface area contributed by atoms with Crippen LogP contribution in [-0.4, -0.2) is 23.2 Å². The highest BCUT2D eigenvalue weighted by molar-refractivity contribution is 5.46. The number of hydrogen-bond acceptors (Lipinski definition) is 3. The number of anilines is 1. The molecule has 0 aromatic carbocycles. The zero-order chi connectivity index (χ0) is 11.4. The monoisotopic (exact) mass is 220 g/mol. The van der Waals surface area contributed by atoms with Gasteiger partial charge in [0.2, 0.25) is 0 Å². The second-order valence-corrected chi connectivity index (χ2v) is 4.48. The van der Waals surface area contributed by atoms with Crippen molar-refractivity contribution in [3.8, 4) is 0 Å². The SMILES string of the molecule is CCC1CCN(c2ncccc2CO)CC1. The highest BCUT2D eigenvalue weighted by atomic mass is 16.3. The summed E-state index contributed by atoms with van der Waals surface area (Å²) in [6.45, 7) is 4.49. The molecule has 3 heteroatoms. The molecule has 0 spiro atoms. The summed E-state index contributed by atoms with van der Waals surface area (Å²) in [5.41, 5.74) is 0.942. The zero-order valence-corrected chi connectivity index (χ0v) is 9.89. The highest BCUT2D eigenvalue weighted by Crippen LogP contribution is 2.25. The molecule has 3 nitrogen and oxygen atoms in total. The third-order valence-electron chi connectivity index (χ3n) is 3.53. The molecule has 1 aliphatic rings. The molecule has 1 aromatic heterocycles. The summed E-state index contributed by atoms with van der Waals surface area (Å²) in [5.74, 6) is 1.84. The molecule has 1 aromatic rings. The number of hydrogen-bond donors (Lipinski definition) is 1. The summed E-state index contributed by atoms with van der Waals surface area (Å²) in [5, 5.41) is 9.28. The van der Waals surface area contributed by atoms with Crippen LogP contribution in [0.3, 0.4) is 0 Å². The van der Waals surface area contributed by atoms with Gasteiger partial charge in [-0.3, -0.25) is 0 Å². The number of pyridine rings is 1. The minimum atomic E-state index is 0.0802. The first-order valence-electron chi connectivity index (χ1n) is 6.14. The normalized spacial score (nSPS) is 17.8. The Morgan fingerprint density at radius 1 is 1.44 bits per heavy atom. The molecule has 2 heterocycles. The Kier molecular flexibility index (Phi) is 3.78. The molecule has 1 N–H and O–H groups in total. The van der Waals surface area contributed by atoms with Crippen molar-refractivity contribution in [2.45, 2.75) is 32.8 Å². The van der Waals surface area contributed by atoms with Gasteiger partial charge in [0.1, 0.15) is 5.82 Å². The Hall–Kier alpha value is -1.09. The van der Waals surface area contributed by atoms with Crippen LogP contribution in [0.1, 0.15) is 31.7 Å². The molecule has 1 aliphatic heterocycles. The fourth-order valence-corrected chi connectivity index (χ4v) is 2.39. The third-order valence-corrected chi connectivity index (χ3v) is 3.53. The number of aromatic nitrogens is 1. The van der Waals surface area contributed by atoms with Gasteiger partial charge < -0.3 is 10.0 Å². The second kappa shape index (κ2) is 5.30. The lowest BCUT2D eigenvalue weighted by Crippen LogP contribution is -2.34. The van der Waals surface area contributed by atoms with Crippen LogP contribution >= 0.6 is 0 Å². The van der Waals surface area contributed by atoms with Crippen LogP contribution in [0, 0.1) is 5.92 Å². The summed E-state index contributed by atoms with van der Waals surface area (Å²) in [6, 6.07) is 3.84.